The van der Waals surface area contributed by atoms with Gasteiger partial charge in [-0.1, -0.05) is 0 Å². The summed E-state index contributed by atoms with van der Waals surface area (Å²) in [5.74, 6) is -0.0280. The van der Waals surface area contributed by atoms with E-state index in [0.29, 0.717) is 26.1 Å². The summed E-state index contributed by atoms with van der Waals surface area (Å²) in [6.07, 6.45) is 0.614. The first-order valence-electron chi connectivity index (χ1n) is 5.33. The molecule has 0 rings (SSSR count). The van der Waals surface area contributed by atoms with Crippen molar-refractivity contribution in [1.82, 2.24) is 4.90 Å². The maximum Gasteiger partial charge on any atom is 0.224 e. The zero-order valence-corrected chi connectivity index (χ0v) is 10.3. The summed E-state index contributed by atoms with van der Waals surface area (Å²) in [4.78, 5) is 13.5. The van der Waals surface area contributed by atoms with Crippen LogP contribution in [0.25, 0.3) is 0 Å². The second-order valence-electron chi connectivity index (χ2n) is 4.45. The van der Waals surface area contributed by atoms with Crippen LogP contribution >= 0.6 is 0 Å². The molecule has 0 aromatic heterocycles. The van der Waals surface area contributed by atoms with E-state index >= 15 is 0 Å². The topological polar surface area (TPSA) is 79.3 Å². The lowest BCUT2D eigenvalue weighted by molar-refractivity contribution is -0.132. The van der Waals surface area contributed by atoms with E-state index in [9.17, 15) is 4.79 Å². The molecule has 92 valence electrons. The highest BCUT2D eigenvalue weighted by molar-refractivity contribution is 5.77. The Morgan fingerprint density at radius 3 is 2.56 bits per heavy atom. The zero-order valence-electron chi connectivity index (χ0n) is 10.3. The molecule has 0 radical (unpaired) electrons. The molecule has 0 aliphatic rings. The molecule has 0 aromatic carbocycles. The van der Waals surface area contributed by atoms with Gasteiger partial charge in [-0.3, -0.25) is 4.79 Å². The molecule has 0 heterocycles. The second kappa shape index (κ2) is 7.20. The number of methoxy groups -OCH3 is 1. The maximum absolute atomic E-state index is 11.9. The Morgan fingerprint density at radius 1 is 1.50 bits per heavy atom. The van der Waals surface area contributed by atoms with Crippen LogP contribution in [0.2, 0.25) is 0 Å². The van der Waals surface area contributed by atoms with Crippen molar-refractivity contribution < 1.29 is 9.53 Å². The summed E-state index contributed by atoms with van der Waals surface area (Å²) >= 11 is 0. The Balaban J connectivity index is 4.26. The smallest absolute Gasteiger partial charge is 0.224 e. The van der Waals surface area contributed by atoms with Gasteiger partial charge < -0.3 is 15.4 Å². The summed E-state index contributed by atoms with van der Waals surface area (Å²) in [5, 5.41) is 8.51. The van der Waals surface area contributed by atoms with Crippen LogP contribution in [-0.2, 0) is 9.53 Å². The van der Waals surface area contributed by atoms with Crippen molar-refractivity contribution in [2.45, 2.75) is 32.2 Å². The van der Waals surface area contributed by atoms with Gasteiger partial charge in [0, 0.05) is 32.2 Å². The van der Waals surface area contributed by atoms with Crippen molar-refractivity contribution >= 4 is 5.91 Å². The fraction of sp³-hybridized carbons (Fsp3) is 0.818. The van der Waals surface area contributed by atoms with E-state index in [0.717, 1.165) is 0 Å². The standard InChI is InChI=1S/C11H21N3O2/c1-11(2,13)9-10(15)14(6-4-5-12)7-8-16-3/h4,6-9,13H2,1-3H3. The van der Waals surface area contributed by atoms with Gasteiger partial charge in [0.15, 0.2) is 0 Å². The molecule has 0 aliphatic carbocycles. The van der Waals surface area contributed by atoms with E-state index in [1.807, 2.05) is 19.9 Å². The van der Waals surface area contributed by atoms with Gasteiger partial charge in [0.05, 0.1) is 19.1 Å². The van der Waals surface area contributed by atoms with Gasteiger partial charge in [-0.15, -0.1) is 0 Å². The predicted octanol–water partition coefficient (Wildman–Crippen LogP) is 0.502. The van der Waals surface area contributed by atoms with Crippen LogP contribution < -0.4 is 5.73 Å². The number of hydrogen-bond donors (Lipinski definition) is 1. The number of nitrogens with zero attached hydrogens (tertiary/aromatic N) is 2. The minimum atomic E-state index is -0.519. The SMILES string of the molecule is COCCN(CCC#N)C(=O)CC(C)(C)N. The molecule has 0 saturated heterocycles. The van der Waals surface area contributed by atoms with Crippen LogP contribution in [0.3, 0.4) is 0 Å². The number of nitriles is 1. The Kier molecular flexibility index (Phi) is 6.70. The molecular formula is C11H21N3O2. The maximum atomic E-state index is 11.9. The average Bonchev–Trinajstić information content (AvgIpc) is 2.15. The summed E-state index contributed by atoms with van der Waals surface area (Å²) in [6, 6.07) is 2.03. The normalized spacial score (nSPS) is 10.9. The number of nitrogens with two attached hydrogens (primary N) is 1. The summed E-state index contributed by atoms with van der Waals surface area (Å²) in [6.45, 7) is 5.04. The van der Waals surface area contributed by atoms with Crippen LogP contribution in [0.1, 0.15) is 26.7 Å². The molecular weight excluding hydrogens is 206 g/mol. The first-order valence-corrected chi connectivity index (χ1v) is 5.33. The van der Waals surface area contributed by atoms with Gasteiger partial charge in [-0.05, 0) is 13.8 Å². The van der Waals surface area contributed by atoms with Gasteiger partial charge >= 0.3 is 0 Å². The quantitative estimate of drug-likeness (QED) is 0.687. The minimum Gasteiger partial charge on any atom is -0.383 e. The van der Waals surface area contributed by atoms with E-state index in [1.165, 1.54) is 0 Å². The van der Waals surface area contributed by atoms with Crippen molar-refractivity contribution in [3.8, 4) is 6.07 Å². The van der Waals surface area contributed by atoms with Crippen molar-refractivity contribution in [3.63, 3.8) is 0 Å². The molecule has 0 aliphatic heterocycles. The minimum absolute atomic E-state index is 0.0280. The first-order chi connectivity index (χ1) is 7.40. The Morgan fingerprint density at radius 2 is 2.12 bits per heavy atom. The van der Waals surface area contributed by atoms with Crippen LogP contribution in [-0.4, -0.2) is 43.2 Å². The fourth-order valence-corrected chi connectivity index (χ4v) is 1.25. The molecule has 2 N–H and O–H groups in total. The summed E-state index contributed by atoms with van der Waals surface area (Å²) < 4.78 is 4.92. The zero-order chi connectivity index (χ0) is 12.6. The molecule has 0 saturated carbocycles. The highest BCUT2D eigenvalue weighted by atomic mass is 16.5. The molecule has 5 nitrogen and oxygen atoms in total. The molecule has 0 bridgehead atoms. The molecule has 16 heavy (non-hydrogen) atoms. The van der Waals surface area contributed by atoms with Crippen LogP contribution in [0.5, 0.6) is 0 Å². The largest absolute Gasteiger partial charge is 0.383 e. The van der Waals surface area contributed by atoms with Crippen molar-refractivity contribution in [2.24, 2.45) is 5.73 Å². The lowest BCUT2D eigenvalue weighted by Crippen LogP contribution is -2.42. The van der Waals surface area contributed by atoms with Crippen LogP contribution in [0, 0.1) is 11.3 Å². The van der Waals surface area contributed by atoms with E-state index < -0.39 is 5.54 Å². The second-order valence-corrected chi connectivity index (χ2v) is 4.45. The van der Waals surface area contributed by atoms with Gasteiger partial charge in [-0.2, -0.15) is 5.26 Å². The van der Waals surface area contributed by atoms with Gasteiger partial charge in [0.1, 0.15) is 0 Å². The Hall–Kier alpha value is -1.12. The summed E-state index contributed by atoms with van der Waals surface area (Å²) in [7, 11) is 1.58. The van der Waals surface area contributed by atoms with E-state index in [4.69, 9.17) is 15.7 Å². The lowest BCUT2D eigenvalue weighted by atomic mass is 10.0. The number of amides is 1. The number of carbonyl (C=O) groups is 1. The van der Waals surface area contributed by atoms with Gasteiger partial charge in [0.25, 0.3) is 0 Å². The van der Waals surface area contributed by atoms with Gasteiger partial charge in [0.2, 0.25) is 5.91 Å². The summed E-state index contributed by atoms with van der Waals surface area (Å²) in [5.41, 5.74) is 5.27. The third-order valence-electron chi connectivity index (χ3n) is 2.02. The highest BCUT2D eigenvalue weighted by Crippen LogP contribution is 2.07. The average molecular weight is 227 g/mol. The molecule has 5 heteroatoms. The first kappa shape index (κ1) is 14.9. The van der Waals surface area contributed by atoms with E-state index in [2.05, 4.69) is 0 Å². The van der Waals surface area contributed by atoms with E-state index in [-0.39, 0.29) is 12.3 Å². The number of carbonyl (C=O) groups excluding carboxylic acids is 1. The Bertz CT molecular complexity index is 253. The molecule has 0 atom stereocenters. The molecule has 0 aromatic rings. The number of hydrogen-bond acceptors (Lipinski definition) is 4. The van der Waals surface area contributed by atoms with Gasteiger partial charge in [-0.25, -0.2) is 0 Å². The molecule has 0 unspecified atom stereocenters. The fourth-order valence-electron chi connectivity index (χ4n) is 1.25. The van der Waals surface area contributed by atoms with Crippen molar-refractivity contribution in [1.29, 1.82) is 5.26 Å². The lowest BCUT2D eigenvalue weighted by Gasteiger charge is -2.25. The van der Waals surface area contributed by atoms with Crippen LogP contribution in [0.15, 0.2) is 0 Å². The molecule has 0 fully saturated rings. The third-order valence-corrected chi connectivity index (χ3v) is 2.02. The van der Waals surface area contributed by atoms with Crippen molar-refractivity contribution in [3.05, 3.63) is 0 Å². The monoisotopic (exact) mass is 227 g/mol. The molecule has 1 amide bonds. The Labute approximate surface area is 97.2 Å². The van der Waals surface area contributed by atoms with Crippen LogP contribution in [0.4, 0.5) is 0 Å². The third kappa shape index (κ3) is 7.21. The number of ether oxygens (including phenoxy) is 1. The molecule has 0 spiro atoms. The predicted molar refractivity (Wildman–Crippen MR) is 61.6 cm³/mol. The number of rotatable bonds is 7. The van der Waals surface area contributed by atoms with Crippen molar-refractivity contribution in [2.75, 3.05) is 26.8 Å². The van der Waals surface area contributed by atoms with E-state index in [1.54, 1.807) is 12.0 Å². The highest BCUT2D eigenvalue weighted by Gasteiger charge is 2.21.